The van der Waals surface area contributed by atoms with Gasteiger partial charge in [-0.25, -0.2) is 9.37 Å². The van der Waals surface area contributed by atoms with E-state index in [-0.39, 0.29) is 11.5 Å². The Morgan fingerprint density at radius 2 is 1.76 bits per heavy atom. The van der Waals surface area contributed by atoms with Crippen LogP contribution in [0.15, 0.2) is 66.7 Å². The first-order chi connectivity index (χ1) is 18.0. The Hall–Kier alpha value is -3.67. The van der Waals surface area contributed by atoms with Gasteiger partial charge in [-0.05, 0) is 81.0 Å². The quantitative estimate of drug-likeness (QED) is 0.205. The molecule has 0 radical (unpaired) electrons. The summed E-state index contributed by atoms with van der Waals surface area (Å²) < 4.78 is 22.1. The van der Waals surface area contributed by atoms with Crippen LogP contribution in [-0.4, -0.2) is 28.6 Å². The Morgan fingerprint density at radius 3 is 2.62 bits per heavy atom. The molecule has 6 heteroatoms. The Balaban J connectivity index is 1.23. The van der Waals surface area contributed by atoms with Crippen LogP contribution in [0.4, 0.5) is 4.39 Å². The second-order valence-electron chi connectivity index (χ2n) is 9.54. The molecular formula is C31H36FN3O2. The molecule has 1 aromatic heterocycles. The molecule has 0 aliphatic carbocycles. The van der Waals surface area contributed by atoms with Gasteiger partial charge in [-0.2, -0.15) is 0 Å². The van der Waals surface area contributed by atoms with Gasteiger partial charge in [0, 0.05) is 19.5 Å². The van der Waals surface area contributed by atoms with Gasteiger partial charge in [-0.1, -0.05) is 42.8 Å². The summed E-state index contributed by atoms with van der Waals surface area (Å²) >= 11 is 0. The number of para-hydroxylation sites is 2. The summed E-state index contributed by atoms with van der Waals surface area (Å²) in [7, 11) is 0. The molecule has 0 spiro atoms. The van der Waals surface area contributed by atoms with Crippen molar-refractivity contribution in [3.63, 3.8) is 0 Å². The molecule has 0 aliphatic rings. The maximum Gasteiger partial charge on any atom is 0.254 e. The molecule has 4 aromatic rings. The number of unbranched alkanes of at least 4 members (excludes halogenated alkanes) is 3. The van der Waals surface area contributed by atoms with E-state index in [9.17, 15) is 9.18 Å². The minimum Gasteiger partial charge on any atom is -0.493 e. The first-order valence-corrected chi connectivity index (χ1v) is 13.2. The molecule has 1 amide bonds. The molecule has 4 rings (SSSR count). The van der Waals surface area contributed by atoms with Gasteiger partial charge in [0.15, 0.2) is 0 Å². The van der Waals surface area contributed by atoms with Crippen LogP contribution in [0.1, 0.15) is 59.4 Å². The van der Waals surface area contributed by atoms with Crippen molar-refractivity contribution in [2.75, 3.05) is 13.2 Å². The summed E-state index contributed by atoms with van der Waals surface area (Å²) in [4.78, 5) is 17.0. The maximum absolute atomic E-state index is 13.7. The SMILES string of the molecule is Cc1ccc(C)c(OCCCCn2c(CCCCCNC(=O)c3ccccc3F)nc3ccccc32)c1. The molecule has 1 N–H and O–H groups in total. The summed E-state index contributed by atoms with van der Waals surface area (Å²) in [6.07, 6.45) is 5.66. The fraction of sp³-hybridized carbons (Fsp3) is 0.355. The lowest BCUT2D eigenvalue weighted by Crippen LogP contribution is -2.25. The lowest BCUT2D eigenvalue weighted by Gasteiger charge is -2.12. The highest BCUT2D eigenvalue weighted by molar-refractivity contribution is 5.94. The third kappa shape index (κ3) is 7.19. The zero-order valence-corrected chi connectivity index (χ0v) is 21.8. The van der Waals surface area contributed by atoms with Crippen LogP contribution >= 0.6 is 0 Å². The maximum atomic E-state index is 13.7. The van der Waals surface area contributed by atoms with Crippen LogP contribution in [0, 0.1) is 19.7 Å². The van der Waals surface area contributed by atoms with Crippen molar-refractivity contribution in [3.05, 3.63) is 95.1 Å². The van der Waals surface area contributed by atoms with Crippen LogP contribution in [0.2, 0.25) is 0 Å². The summed E-state index contributed by atoms with van der Waals surface area (Å²) in [5.41, 5.74) is 4.67. The van der Waals surface area contributed by atoms with Gasteiger partial charge in [-0.3, -0.25) is 4.79 Å². The largest absolute Gasteiger partial charge is 0.493 e. The van der Waals surface area contributed by atoms with E-state index in [0.29, 0.717) is 13.2 Å². The number of carbonyl (C=O) groups is 1. The van der Waals surface area contributed by atoms with Crippen molar-refractivity contribution in [1.29, 1.82) is 0 Å². The number of halogens is 1. The van der Waals surface area contributed by atoms with Crippen molar-refractivity contribution in [1.82, 2.24) is 14.9 Å². The van der Waals surface area contributed by atoms with E-state index in [4.69, 9.17) is 9.72 Å². The molecule has 37 heavy (non-hydrogen) atoms. The first-order valence-electron chi connectivity index (χ1n) is 13.2. The van der Waals surface area contributed by atoms with Crippen LogP contribution in [0.5, 0.6) is 5.75 Å². The average Bonchev–Trinajstić information content (AvgIpc) is 3.25. The fourth-order valence-corrected chi connectivity index (χ4v) is 4.51. The van der Waals surface area contributed by atoms with E-state index < -0.39 is 5.82 Å². The van der Waals surface area contributed by atoms with Crippen LogP contribution < -0.4 is 10.1 Å². The number of hydrogen-bond donors (Lipinski definition) is 1. The van der Waals surface area contributed by atoms with E-state index in [1.165, 1.54) is 28.8 Å². The van der Waals surface area contributed by atoms with Gasteiger partial charge in [0.1, 0.15) is 17.4 Å². The molecule has 0 atom stereocenters. The molecule has 0 aliphatic heterocycles. The van der Waals surface area contributed by atoms with E-state index in [2.05, 4.69) is 60.1 Å². The molecule has 0 unspecified atom stereocenters. The number of aromatic nitrogens is 2. The Morgan fingerprint density at radius 1 is 0.946 bits per heavy atom. The molecule has 0 saturated heterocycles. The normalized spacial score (nSPS) is 11.1. The van der Waals surface area contributed by atoms with Crippen molar-refractivity contribution < 1.29 is 13.9 Å². The molecule has 0 fully saturated rings. The monoisotopic (exact) mass is 501 g/mol. The van der Waals surface area contributed by atoms with E-state index in [1.807, 2.05) is 6.07 Å². The van der Waals surface area contributed by atoms with Crippen molar-refractivity contribution in [2.24, 2.45) is 0 Å². The number of hydrogen-bond acceptors (Lipinski definition) is 3. The molecule has 0 saturated carbocycles. The van der Waals surface area contributed by atoms with Gasteiger partial charge in [0.25, 0.3) is 5.91 Å². The minimum atomic E-state index is -0.490. The lowest BCUT2D eigenvalue weighted by molar-refractivity contribution is 0.0949. The van der Waals surface area contributed by atoms with Crippen molar-refractivity contribution in [3.8, 4) is 5.75 Å². The molecule has 3 aromatic carbocycles. The number of ether oxygens (including phenoxy) is 1. The van der Waals surface area contributed by atoms with Gasteiger partial charge in [0.2, 0.25) is 0 Å². The minimum absolute atomic E-state index is 0.0932. The third-order valence-corrected chi connectivity index (χ3v) is 6.59. The second kappa shape index (κ2) is 13.0. The zero-order valence-electron chi connectivity index (χ0n) is 21.8. The molecule has 194 valence electrons. The number of nitrogens with one attached hydrogen (secondary N) is 1. The summed E-state index contributed by atoms with van der Waals surface area (Å²) in [5, 5.41) is 2.82. The van der Waals surface area contributed by atoms with Crippen molar-refractivity contribution in [2.45, 2.75) is 58.9 Å². The van der Waals surface area contributed by atoms with E-state index in [0.717, 1.165) is 62.2 Å². The molecule has 0 bridgehead atoms. The van der Waals surface area contributed by atoms with Gasteiger partial charge < -0.3 is 14.6 Å². The first kappa shape index (κ1) is 26.4. The van der Waals surface area contributed by atoms with Gasteiger partial charge >= 0.3 is 0 Å². The summed E-state index contributed by atoms with van der Waals surface area (Å²) in [6.45, 7) is 6.30. The highest BCUT2D eigenvalue weighted by atomic mass is 19.1. The average molecular weight is 502 g/mol. The number of nitrogens with zero attached hydrogens (tertiary/aromatic N) is 2. The van der Waals surface area contributed by atoms with E-state index in [1.54, 1.807) is 12.1 Å². The second-order valence-corrected chi connectivity index (χ2v) is 9.54. The predicted molar refractivity (Wildman–Crippen MR) is 147 cm³/mol. The van der Waals surface area contributed by atoms with Crippen LogP contribution in [-0.2, 0) is 13.0 Å². The highest BCUT2D eigenvalue weighted by Gasteiger charge is 2.11. The Bertz CT molecular complexity index is 1330. The predicted octanol–water partition coefficient (Wildman–Crippen LogP) is 6.79. The van der Waals surface area contributed by atoms with Crippen LogP contribution in [0.3, 0.4) is 0 Å². The molecule has 5 nitrogen and oxygen atoms in total. The number of imidazole rings is 1. The number of aryl methyl sites for hydroxylation is 4. The summed E-state index contributed by atoms with van der Waals surface area (Å²) in [6, 6.07) is 20.7. The number of carbonyl (C=O) groups excluding carboxylic acids is 1. The topological polar surface area (TPSA) is 56.1 Å². The number of rotatable bonds is 13. The Kier molecular flexibility index (Phi) is 9.30. The third-order valence-electron chi connectivity index (χ3n) is 6.59. The molecular weight excluding hydrogens is 465 g/mol. The van der Waals surface area contributed by atoms with Gasteiger partial charge in [0.05, 0.1) is 23.2 Å². The van der Waals surface area contributed by atoms with Gasteiger partial charge in [-0.15, -0.1) is 0 Å². The lowest BCUT2D eigenvalue weighted by atomic mass is 10.1. The zero-order chi connectivity index (χ0) is 26.0. The fourth-order valence-electron chi connectivity index (χ4n) is 4.51. The van der Waals surface area contributed by atoms with Crippen LogP contribution in [0.25, 0.3) is 11.0 Å². The van der Waals surface area contributed by atoms with Crippen molar-refractivity contribution >= 4 is 16.9 Å². The molecule has 1 heterocycles. The standard InChI is InChI=1S/C31H36FN3O2/c1-23-17-18-24(2)29(22-23)37-21-11-10-20-35-28-15-8-7-14-27(28)34-30(35)16-4-3-9-19-33-31(36)25-12-5-6-13-26(25)32/h5-8,12-15,17-18,22H,3-4,9-11,16,19-21H2,1-2H3,(H,33,36). The number of fused-ring (bicyclic) bond motifs is 1. The number of benzene rings is 3. The number of amides is 1. The summed E-state index contributed by atoms with van der Waals surface area (Å²) in [5.74, 6) is 1.23. The highest BCUT2D eigenvalue weighted by Crippen LogP contribution is 2.21. The Labute approximate surface area is 218 Å². The van der Waals surface area contributed by atoms with E-state index >= 15 is 0 Å². The smallest absolute Gasteiger partial charge is 0.254 e.